The first-order valence-electron chi connectivity index (χ1n) is 10.5. The lowest BCUT2D eigenvalue weighted by Crippen LogP contribution is -2.44. The predicted molar refractivity (Wildman–Crippen MR) is 114 cm³/mol. The minimum Gasteiger partial charge on any atom is -0.492 e. The third kappa shape index (κ3) is 8.79. The molecule has 0 aliphatic carbocycles. The Morgan fingerprint density at radius 1 is 1.23 bits per heavy atom. The lowest BCUT2D eigenvalue weighted by atomic mass is 10.2. The lowest BCUT2D eigenvalue weighted by molar-refractivity contribution is -0.143. The Morgan fingerprint density at radius 3 is 2.53 bits per heavy atom. The van der Waals surface area contributed by atoms with Crippen molar-refractivity contribution in [3.63, 3.8) is 0 Å². The fourth-order valence-electron chi connectivity index (χ4n) is 3.46. The number of alkyl halides is 3. The van der Waals surface area contributed by atoms with E-state index < -0.39 is 12.7 Å². The van der Waals surface area contributed by atoms with Crippen LogP contribution in [0.2, 0.25) is 0 Å². The molecule has 0 aromatic heterocycles. The van der Waals surface area contributed by atoms with Crippen LogP contribution in [0.3, 0.4) is 0 Å². The Labute approximate surface area is 177 Å². The van der Waals surface area contributed by atoms with Gasteiger partial charge in [-0.2, -0.15) is 13.2 Å². The third-order valence-electron chi connectivity index (χ3n) is 5.19. The Kier molecular flexibility index (Phi) is 9.71. The number of guanidine groups is 1. The molecule has 9 heteroatoms. The molecule has 1 aliphatic rings. The highest BCUT2D eigenvalue weighted by atomic mass is 19.4. The van der Waals surface area contributed by atoms with Gasteiger partial charge in [-0.25, -0.2) is 0 Å². The number of halogens is 3. The number of nitrogens with zero attached hydrogens (tertiary/aromatic N) is 3. The minimum absolute atomic E-state index is 0.0415. The van der Waals surface area contributed by atoms with E-state index >= 15 is 0 Å². The second-order valence-corrected chi connectivity index (χ2v) is 7.43. The molecule has 6 nitrogen and oxygen atoms in total. The van der Waals surface area contributed by atoms with Gasteiger partial charge in [0.1, 0.15) is 12.4 Å². The quantitative estimate of drug-likeness (QED) is 0.443. The molecular formula is C21H34F3N5O. The fourth-order valence-corrected chi connectivity index (χ4v) is 3.46. The average molecular weight is 430 g/mol. The van der Waals surface area contributed by atoms with Crippen LogP contribution < -0.4 is 15.4 Å². The van der Waals surface area contributed by atoms with E-state index in [0.29, 0.717) is 38.6 Å². The van der Waals surface area contributed by atoms with E-state index in [1.807, 2.05) is 24.3 Å². The van der Waals surface area contributed by atoms with Gasteiger partial charge in [-0.3, -0.25) is 9.89 Å². The SMILES string of the molecule is CCN(CC)CCOc1ccc(CNC(=NC)NC2CCN(CC(F)(F)F)C2)cc1. The first kappa shape index (κ1) is 24.3. The van der Waals surface area contributed by atoms with Gasteiger partial charge in [0.2, 0.25) is 0 Å². The number of hydrogen-bond acceptors (Lipinski definition) is 4. The van der Waals surface area contributed by atoms with Crippen molar-refractivity contribution in [2.24, 2.45) is 4.99 Å². The standard InChI is InChI=1S/C21H34F3N5O/c1-4-28(5-2)12-13-30-19-8-6-17(7-9-19)14-26-20(25-3)27-18-10-11-29(15-18)16-21(22,23)24/h6-9,18H,4-5,10-16H2,1-3H3,(H2,25,26,27). The number of rotatable bonds is 10. The van der Waals surface area contributed by atoms with Gasteiger partial charge in [0, 0.05) is 39.3 Å². The molecule has 1 atom stereocenters. The summed E-state index contributed by atoms with van der Waals surface area (Å²) in [5, 5.41) is 6.43. The molecule has 170 valence electrons. The maximum Gasteiger partial charge on any atom is 0.401 e. The summed E-state index contributed by atoms with van der Waals surface area (Å²) in [6.07, 6.45) is -3.49. The van der Waals surface area contributed by atoms with Gasteiger partial charge in [-0.15, -0.1) is 0 Å². The Balaban J connectivity index is 1.72. The third-order valence-corrected chi connectivity index (χ3v) is 5.19. The van der Waals surface area contributed by atoms with Gasteiger partial charge in [-0.05, 0) is 37.2 Å². The second-order valence-electron chi connectivity index (χ2n) is 7.43. The van der Waals surface area contributed by atoms with E-state index in [0.717, 1.165) is 30.9 Å². The van der Waals surface area contributed by atoms with Crippen LogP contribution in [0.15, 0.2) is 29.3 Å². The smallest absolute Gasteiger partial charge is 0.401 e. The van der Waals surface area contributed by atoms with Crippen molar-refractivity contribution in [1.29, 1.82) is 0 Å². The van der Waals surface area contributed by atoms with E-state index in [1.54, 1.807) is 7.05 Å². The molecule has 0 bridgehead atoms. The molecule has 1 aromatic rings. The van der Waals surface area contributed by atoms with Gasteiger partial charge in [-0.1, -0.05) is 26.0 Å². The van der Waals surface area contributed by atoms with Crippen LogP contribution in [0, 0.1) is 0 Å². The predicted octanol–water partition coefficient (Wildman–Crippen LogP) is 2.71. The summed E-state index contributed by atoms with van der Waals surface area (Å²) in [7, 11) is 1.66. The monoisotopic (exact) mass is 429 g/mol. The van der Waals surface area contributed by atoms with Crippen LogP contribution in [-0.2, 0) is 6.54 Å². The zero-order chi connectivity index (χ0) is 22.0. The molecule has 1 saturated heterocycles. The Hall–Kier alpha value is -2.00. The largest absolute Gasteiger partial charge is 0.492 e. The summed E-state index contributed by atoms with van der Waals surface area (Å²) in [4.78, 5) is 7.91. The summed E-state index contributed by atoms with van der Waals surface area (Å²) in [6, 6.07) is 7.84. The van der Waals surface area contributed by atoms with Gasteiger partial charge in [0.15, 0.2) is 5.96 Å². The maximum absolute atomic E-state index is 12.5. The van der Waals surface area contributed by atoms with Crippen LogP contribution in [0.4, 0.5) is 13.2 Å². The molecule has 0 saturated carbocycles. The number of aliphatic imine (C=N–C) groups is 1. The number of benzene rings is 1. The molecule has 2 rings (SSSR count). The van der Waals surface area contributed by atoms with E-state index in [1.165, 1.54) is 4.90 Å². The van der Waals surface area contributed by atoms with Crippen molar-refractivity contribution in [3.8, 4) is 5.75 Å². The van der Waals surface area contributed by atoms with E-state index in [2.05, 4.69) is 34.4 Å². The zero-order valence-electron chi connectivity index (χ0n) is 18.1. The summed E-state index contributed by atoms with van der Waals surface area (Å²) >= 11 is 0. The maximum atomic E-state index is 12.5. The molecule has 0 amide bonds. The van der Waals surface area contributed by atoms with Gasteiger partial charge in [0.05, 0.1) is 6.54 Å². The van der Waals surface area contributed by atoms with Crippen molar-refractivity contribution < 1.29 is 17.9 Å². The van der Waals surface area contributed by atoms with Crippen LogP contribution in [0.1, 0.15) is 25.8 Å². The average Bonchev–Trinajstić information content (AvgIpc) is 3.14. The summed E-state index contributed by atoms with van der Waals surface area (Å²) in [5.74, 6) is 1.43. The molecule has 1 fully saturated rings. The van der Waals surface area contributed by atoms with Crippen molar-refractivity contribution in [2.45, 2.75) is 39.0 Å². The normalized spacial score (nSPS) is 18.1. The Morgan fingerprint density at radius 2 is 1.93 bits per heavy atom. The van der Waals surface area contributed by atoms with Crippen molar-refractivity contribution in [1.82, 2.24) is 20.4 Å². The molecule has 30 heavy (non-hydrogen) atoms. The molecule has 2 N–H and O–H groups in total. The van der Waals surface area contributed by atoms with Gasteiger partial charge >= 0.3 is 6.18 Å². The fraction of sp³-hybridized carbons (Fsp3) is 0.667. The van der Waals surface area contributed by atoms with Crippen molar-refractivity contribution in [2.75, 3.05) is 52.9 Å². The minimum atomic E-state index is -4.16. The highest BCUT2D eigenvalue weighted by Gasteiger charge is 2.34. The number of ether oxygens (including phenoxy) is 1. The first-order chi connectivity index (χ1) is 14.3. The van der Waals surface area contributed by atoms with E-state index in [9.17, 15) is 13.2 Å². The van der Waals surface area contributed by atoms with E-state index in [-0.39, 0.29) is 6.04 Å². The first-order valence-corrected chi connectivity index (χ1v) is 10.5. The van der Waals surface area contributed by atoms with Gasteiger partial charge in [0.25, 0.3) is 0 Å². The number of likely N-dealkylation sites (tertiary alicyclic amines) is 1. The molecule has 1 unspecified atom stereocenters. The van der Waals surface area contributed by atoms with Crippen LogP contribution >= 0.6 is 0 Å². The molecule has 0 radical (unpaired) electrons. The van der Waals surface area contributed by atoms with Crippen LogP contribution in [0.5, 0.6) is 5.75 Å². The highest BCUT2D eigenvalue weighted by molar-refractivity contribution is 5.80. The molecule has 1 heterocycles. The second kappa shape index (κ2) is 12.0. The Bertz CT molecular complexity index is 647. The number of likely N-dealkylation sites (N-methyl/N-ethyl adjacent to an activating group) is 1. The lowest BCUT2D eigenvalue weighted by Gasteiger charge is -2.20. The van der Waals surface area contributed by atoms with Crippen molar-refractivity contribution >= 4 is 5.96 Å². The number of hydrogen-bond donors (Lipinski definition) is 2. The van der Waals surface area contributed by atoms with Crippen LogP contribution in [0.25, 0.3) is 0 Å². The molecule has 0 spiro atoms. The van der Waals surface area contributed by atoms with E-state index in [4.69, 9.17) is 4.74 Å². The topological polar surface area (TPSA) is 52.1 Å². The molecular weight excluding hydrogens is 395 g/mol. The molecule has 1 aliphatic heterocycles. The van der Waals surface area contributed by atoms with Gasteiger partial charge < -0.3 is 20.3 Å². The highest BCUT2D eigenvalue weighted by Crippen LogP contribution is 2.20. The van der Waals surface area contributed by atoms with Crippen molar-refractivity contribution in [3.05, 3.63) is 29.8 Å². The summed E-state index contributed by atoms with van der Waals surface area (Å²) in [6.45, 7) is 8.37. The summed E-state index contributed by atoms with van der Waals surface area (Å²) in [5.41, 5.74) is 1.07. The van der Waals surface area contributed by atoms with Crippen LogP contribution in [-0.4, -0.2) is 80.9 Å². The number of nitrogens with one attached hydrogen (secondary N) is 2. The zero-order valence-corrected chi connectivity index (χ0v) is 18.1. The summed E-state index contributed by atoms with van der Waals surface area (Å²) < 4.78 is 43.4. The molecule has 1 aromatic carbocycles.